The summed E-state index contributed by atoms with van der Waals surface area (Å²) in [7, 11) is 1.63. The zero-order valence-electron chi connectivity index (χ0n) is 18.0. The van der Waals surface area contributed by atoms with Crippen molar-refractivity contribution in [2.45, 2.75) is 32.5 Å². The molecule has 0 bridgehead atoms. The second-order valence-electron chi connectivity index (χ2n) is 7.86. The second-order valence-corrected chi connectivity index (χ2v) is 7.86. The van der Waals surface area contributed by atoms with E-state index >= 15 is 0 Å². The quantitative estimate of drug-likeness (QED) is 0.623. The minimum absolute atomic E-state index is 0.213. The third-order valence-corrected chi connectivity index (χ3v) is 5.75. The number of hydrogen-bond donors (Lipinski definition) is 1. The van der Waals surface area contributed by atoms with E-state index in [0.29, 0.717) is 11.5 Å². The van der Waals surface area contributed by atoms with Crippen LogP contribution in [0.1, 0.15) is 40.7 Å². The van der Waals surface area contributed by atoms with Gasteiger partial charge in [-0.25, -0.2) is 0 Å². The molecule has 32 heavy (non-hydrogen) atoms. The van der Waals surface area contributed by atoms with E-state index in [1.54, 1.807) is 19.2 Å². The van der Waals surface area contributed by atoms with Gasteiger partial charge in [0.05, 0.1) is 19.4 Å². The van der Waals surface area contributed by atoms with E-state index in [2.05, 4.69) is 25.0 Å². The Morgan fingerprint density at radius 2 is 2.16 bits per heavy atom. The number of rotatable bonds is 6. The van der Waals surface area contributed by atoms with Crippen molar-refractivity contribution in [2.75, 3.05) is 27.0 Å². The van der Waals surface area contributed by atoms with Crippen LogP contribution in [0.3, 0.4) is 0 Å². The second kappa shape index (κ2) is 8.54. The van der Waals surface area contributed by atoms with Crippen LogP contribution in [0.4, 0.5) is 0 Å². The molecule has 1 atom stereocenters. The fraction of sp³-hybridized carbons (Fsp3) is 0.409. The summed E-state index contributed by atoms with van der Waals surface area (Å²) in [4.78, 5) is 14.7. The Morgan fingerprint density at radius 3 is 2.97 bits per heavy atom. The highest BCUT2D eigenvalue weighted by Crippen LogP contribution is 2.42. The number of nitrogens with one attached hydrogen (secondary N) is 1. The Labute approximate surface area is 185 Å². The number of carbonyl (C=O) groups excluding carboxylic acids is 1. The molecule has 0 radical (unpaired) electrons. The maximum absolute atomic E-state index is 12.3. The molecule has 1 amide bonds. The summed E-state index contributed by atoms with van der Waals surface area (Å²) in [6.07, 6.45) is 2.25. The standard InChI is InChI=1S/C22H25N5O5/c1-14(23-22(28)16-4-3-9-30-16)21-25-24-19-5-6-26(7-8-27(19)21)12-15-10-17(29-2)20-18(11-15)31-13-32-20/h3-4,9-11,14H,5-8,12-13H2,1-2H3,(H,23,28). The van der Waals surface area contributed by atoms with Crippen LogP contribution in [-0.4, -0.2) is 52.6 Å². The molecule has 2 aliphatic rings. The molecule has 168 valence electrons. The zero-order chi connectivity index (χ0) is 22.1. The summed E-state index contributed by atoms with van der Waals surface area (Å²) in [6.45, 7) is 5.28. The predicted molar refractivity (Wildman–Crippen MR) is 113 cm³/mol. The molecule has 0 spiro atoms. The van der Waals surface area contributed by atoms with E-state index in [0.717, 1.165) is 55.6 Å². The zero-order valence-corrected chi connectivity index (χ0v) is 18.0. The summed E-state index contributed by atoms with van der Waals surface area (Å²) in [6, 6.07) is 7.03. The van der Waals surface area contributed by atoms with Gasteiger partial charge in [0, 0.05) is 32.6 Å². The van der Waals surface area contributed by atoms with Crippen LogP contribution < -0.4 is 19.5 Å². The molecule has 2 aromatic heterocycles. The highest BCUT2D eigenvalue weighted by molar-refractivity contribution is 5.91. The van der Waals surface area contributed by atoms with E-state index in [9.17, 15) is 4.79 Å². The molecule has 1 unspecified atom stereocenters. The Balaban J connectivity index is 1.26. The average molecular weight is 439 g/mol. The first-order valence-corrected chi connectivity index (χ1v) is 10.6. The first-order chi connectivity index (χ1) is 15.6. The molecule has 10 nitrogen and oxygen atoms in total. The van der Waals surface area contributed by atoms with Gasteiger partial charge in [0.25, 0.3) is 5.91 Å². The maximum Gasteiger partial charge on any atom is 0.287 e. The Bertz CT molecular complexity index is 1110. The lowest BCUT2D eigenvalue weighted by Crippen LogP contribution is -2.30. The highest BCUT2D eigenvalue weighted by Gasteiger charge is 2.25. The van der Waals surface area contributed by atoms with Crippen molar-refractivity contribution in [2.24, 2.45) is 0 Å². The van der Waals surface area contributed by atoms with E-state index in [1.807, 2.05) is 19.1 Å². The van der Waals surface area contributed by atoms with Crippen molar-refractivity contribution in [3.8, 4) is 17.2 Å². The summed E-state index contributed by atoms with van der Waals surface area (Å²) in [5.74, 6) is 3.73. The Morgan fingerprint density at radius 1 is 1.25 bits per heavy atom. The van der Waals surface area contributed by atoms with E-state index in [4.69, 9.17) is 18.6 Å². The summed E-state index contributed by atoms with van der Waals surface area (Å²) in [5.41, 5.74) is 1.10. The van der Waals surface area contributed by atoms with Crippen LogP contribution in [0.2, 0.25) is 0 Å². The number of aromatic nitrogens is 3. The fourth-order valence-electron chi connectivity index (χ4n) is 4.14. The van der Waals surface area contributed by atoms with Crippen molar-refractivity contribution >= 4 is 5.91 Å². The SMILES string of the molecule is COc1cc(CN2CCc3nnc(C(C)NC(=O)c4ccco4)n3CC2)cc2c1OCO2. The van der Waals surface area contributed by atoms with Gasteiger partial charge >= 0.3 is 0 Å². The van der Waals surface area contributed by atoms with Crippen LogP contribution >= 0.6 is 0 Å². The molecule has 0 saturated carbocycles. The lowest BCUT2D eigenvalue weighted by molar-refractivity contribution is 0.0909. The molecule has 0 fully saturated rings. The molecule has 2 aliphatic heterocycles. The number of amides is 1. The van der Waals surface area contributed by atoms with Gasteiger partial charge in [-0.3, -0.25) is 9.69 Å². The molecule has 10 heteroatoms. The highest BCUT2D eigenvalue weighted by atomic mass is 16.7. The summed E-state index contributed by atoms with van der Waals surface area (Å²) < 4.78 is 23.8. The number of benzene rings is 1. The number of furan rings is 1. The first-order valence-electron chi connectivity index (χ1n) is 10.6. The summed E-state index contributed by atoms with van der Waals surface area (Å²) in [5, 5.41) is 11.7. The van der Waals surface area contributed by atoms with E-state index in [-0.39, 0.29) is 24.5 Å². The number of fused-ring (bicyclic) bond motifs is 2. The molecule has 0 aliphatic carbocycles. The maximum atomic E-state index is 12.3. The van der Waals surface area contributed by atoms with Gasteiger partial charge in [0.15, 0.2) is 23.1 Å². The normalized spacial score (nSPS) is 16.3. The first kappa shape index (κ1) is 20.4. The van der Waals surface area contributed by atoms with Gasteiger partial charge < -0.3 is 28.5 Å². The Kier molecular flexibility index (Phi) is 5.44. The van der Waals surface area contributed by atoms with Crippen LogP contribution in [-0.2, 0) is 19.5 Å². The van der Waals surface area contributed by atoms with Crippen LogP contribution in [0.15, 0.2) is 34.9 Å². The van der Waals surface area contributed by atoms with Gasteiger partial charge in [-0.2, -0.15) is 0 Å². The average Bonchev–Trinajstić information content (AvgIpc) is 3.54. The third kappa shape index (κ3) is 3.89. The number of carbonyl (C=O) groups is 1. The van der Waals surface area contributed by atoms with Crippen molar-refractivity contribution < 1.29 is 23.4 Å². The van der Waals surface area contributed by atoms with E-state index < -0.39 is 0 Å². The molecule has 0 saturated heterocycles. The topological polar surface area (TPSA) is 104 Å². The van der Waals surface area contributed by atoms with Gasteiger partial charge in [0.1, 0.15) is 5.82 Å². The van der Waals surface area contributed by atoms with Gasteiger partial charge in [-0.1, -0.05) is 0 Å². The molecule has 5 rings (SSSR count). The molecule has 3 aromatic rings. The largest absolute Gasteiger partial charge is 0.493 e. The fourth-order valence-corrected chi connectivity index (χ4v) is 4.14. The minimum atomic E-state index is -0.293. The lowest BCUT2D eigenvalue weighted by Gasteiger charge is -2.20. The third-order valence-electron chi connectivity index (χ3n) is 5.75. The molecule has 4 heterocycles. The molecular weight excluding hydrogens is 414 g/mol. The monoisotopic (exact) mass is 439 g/mol. The van der Waals surface area contributed by atoms with Gasteiger partial charge in [-0.05, 0) is 36.8 Å². The minimum Gasteiger partial charge on any atom is -0.493 e. The number of hydrogen-bond acceptors (Lipinski definition) is 8. The van der Waals surface area contributed by atoms with E-state index in [1.165, 1.54) is 6.26 Å². The van der Waals surface area contributed by atoms with Crippen molar-refractivity contribution in [3.05, 3.63) is 53.5 Å². The van der Waals surface area contributed by atoms with Gasteiger partial charge in [0.2, 0.25) is 12.5 Å². The molecule has 1 aromatic carbocycles. The van der Waals surface area contributed by atoms with Crippen LogP contribution in [0, 0.1) is 0 Å². The smallest absolute Gasteiger partial charge is 0.287 e. The predicted octanol–water partition coefficient (Wildman–Crippen LogP) is 2.16. The number of methoxy groups -OCH3 is 1. The van der Waals surface area contributed by atoms with Crippen LogP contribution in [0.25, 0.3) is 0 Å². The molecule has 1 N–H and O–H groups in total. The van der Waals surface area contributed by atoms with Crippen LogP contribution in [0.5, 0.6) is 17.2 Å². The number of nitrogens with zero attached hydrogens (tertiary/aromatic N) is 4. The summed E-state index contributed by atoms with van der Waals surface area (Å²) >= 11 is 0. The Hall–Kier alpha value is -3.53. The van der Waals surface area contributed by atoms with Gasteiger partial charge in [-0.15, -0.1) is 10.2 Å². The lowest BCUT2D eigenvalue weighted by atomic mass is 10.1. The number of ether oxygens (including phenoxy) is 3. The van der Waals surface area contributed by atoms with Crippen molar-refractivity contribution in [1.82, 2.24) is 25.0 Å². The molecular formula is C22H25N5O5. The van der Waals surface area contributed by atoms with Crippen molar-refractivity contribution in [3.63, 3.8) is 0 Å². The van der Waals surface area contributed by atoms with Crippen molar-refractivity contribution in [1.29, 1.82) is 0 Å².